The van der Waals surface area contributed by atoms with Gasteiger partial charge in [0, 0.05) is 17.5 Å². The van der Waals surface area contributed by atoms with Gasteiger partial charge in [0.25, 0.3) is 10.0 Å². The maximum atomic E-state index is 12.2. The van der Waals surface area contributed by atoms with Gasteiger partial charge in [0.05, 0.1) is 19.0 Å². The number of thiophene rings is 1. The zero-order valence-corrected chi connectivity index (χ0v) is 12.7. The Labute approximate surface area is 121 Å². The minimum Gasteiger partial charge on any atom is -0.481 e. The minimum absolute atomic E-state index is 0.276. The van der Waals surface area contributed by atoms with Crippen molar-refractivity contribution in [1.29, 1.82) is 0 Å². The van der Waals surface area contributed by atoms with Crippen molar-refractivity contribution < 1.29 is 13.2 Å². The Kier molecular flexibility index (Phi) is 4.58. The van der Waals surface area contributed by atoms with E-state index < -0.39 is 10.0 Å². The molecule has 0 atom stereocenters. The van der Waals surface area contributed by atoms with Gasteiger partial charge in [-0.3, -0.25) is 4.72 Å². The lowest BCUT2D eigenvalue weighted by Gasteiger charge is -2.06. The van der Waals surface area contributed by atoms with Crippen LogP contribution in [-0.2, 0) is 16.6 Å². The zero-order valence-electron chi connectivity index (χ0n) is 11.1. The lowest BCUT2D eigenvalue weighted by Crippen LogP contribution is -2.11. The predicted molar refractivity (Wildman–Crippen MR) is 78.7 cm³/mol. The molecule has 2 aromatic rings. The summed E-state index contributed by atoms with van der Waals surface area (Å²) in [5.74, 6) is 0.431. The van der Waals surface area contributed by atoms with E-state index in [0.29, 0.717) is 18.1 Å². The van der Waals surface area contributed by atoms with Crippen LogP contribution in [0.1, 0.15) is 4.88 Å². The monoisotopic (exact) mass is 313 g/mol. The van der Waals surface area contributed by atoms with E-state index >= 15 is 0 Å². The SMILES string of the molecule is CNCc1ccc(S(=O)(=O)Nc2ccc(OC)nc2)s1. The van der Waals surface area contributed by atoms with E-state index in [1.54, 1.807) is 24.3 Å². The van der Waals surface area contributed by atoms with Crippen LogP contribution in [0.4, 0.5) is 5.69 Å². The van der Waals surface area contributed by atoms with E-state index in [1.165, 1.54) is 24.6 Å². The molecule has 108 valence electrons. The number of pyridine rings is 1. The summed E-state index contributed by atoms with van der Waals surface area (Å²) >= 11 is 1.23. The molecular weight excluding hydrogens is 298 g/mol. The molecule has 0 amide bonds. The van der Waals surface area contributed by atoms with Gasteiger partial charge >= 0.3 is 0 Å². The van der Waals surface area contributed by atoms with E-state index in [4.69, 9.17) is 4.74 Å². The van der Waals surface area contributed by atoms with E-state index in [0.717, 1.165) is 4.88 Å². The number of sulfonamides is 1. The molecule has 8 heteroatoms. The van der Waals surface area contributed by atoms with Crippen molar-refractivity contribution in [3.8, 4) is 5.88 Å². The molecule has 6 nitrogen and oxygen atoms in total. The number of anilines is 1. The summed E-state index contributed by atoms with van der Waals surface area (Å²) in [4.78, 5) is 4.91. The standard InChI is InChI=1S/C12H15N3O3S2/c1-13-8-10-4-6-12(19-10)20(16,17)15-9-3-5-11(18-2)14-7-9/h3-7,13,15H,8H2,1-2H3. The Morgan fingerprint density at radius 1 is 1.30 bits per heavy atom. The van der Waals surface area contributed by atoms with Crippen LogP contribution in [0, 0.1) is 0 Å². The number of methoxy groups -OCH3 is 1. The summed E-state index contributed by atoms with van der Waals surface area (Å²) in [6.07, 6.45) is 1.42. The zero-order chi connectivity index (χ0) is 14.6. The Morgan fingerprint density at radius 2 is 2.10 bits per heavy atom. The third kappa shape index (κ3) is 3.47. The van der Waals surface area contributed by atoms with E-state index in [1.807, 2.05) is 7.05 Å². The second-order valence-corrected chi connectivity index (χ2v) is 7.02. The van der Waals surface area contributed by atoms with Gasteiger partial charge in [-0.05, 0) is 25.2 Å². The predicted octanol–water partition coefficient (Wildman–Crippen LogP) is 1.67. The highest BCUT2D eigenvalue weighted by atomic mass is 32.2. The van der Waals surface area contributed by atoms with Crippen molar-refractivity contribution in [2.75, 3.05) is 18.9 Å². The van der Waals surface area contributed by atoms with Gasteiger partial charge < -0.3 is 10.1 Å². The van der Waals surface area contributed by atoms with Crippen LogP contribution in [0.25, 0.3) is 0 Å². The summed E-state index contributed by atoms with van der Waals surface area (Å²) in [5, 5.41) is 2.98. The molecule has 2 N–H and O–H groups in total. The molecule has 0 saturated carbocycles. The summed E-state index contributed by atoms with van der Waals surface area (Å²) in [6.45, 7) is 0.643. The molecule has 20 heavy (non-hydrogen) atoms. The van der Waals surface area contributed by atoms with Crippen LogP contribution in [0.3, 0.4) is 0 Å². The largest absolute Gasteiger partial charge is 0.481 e. The highest BCUT2D eigenvalue weighted by molar-refractivity contribution is 7.94. The number of aromatic nitrogens is 1. The van der Waals surface area contributed by atoms with Gasteiger partial charge in [-0.25, -0.2) is 13.4 Å². The first kappa shape index (κ1) is 14.8. The van der Waals surface area contributed by atoms with Crippen molar-refractivity contribution in [2.24, 2.45) is 0 Å². The van der Waals surface area contributed by atoms with Crippen molar-refractivity contribution in [3.63, 3.8) is 0 Å². The van der Waals surface area contributed by atoms with Gasteiger partial charge in [-0.2, -0.15) is 0 Å². The molecular formula is C12H15N3O3S2. The molecule has 0 saturated heterocycles. The minimum atomic E-state index is -3.57. The van der Waals surface area contributed by atoms with Crippen LogP contribution in [0.5, 0.6) is 5.88 Å². The highest BCUT2D eigenvalue weighted by Gasteiger charge is 2.17. The Balaban J connectivity index is 2.16. The molecule has 2 heterocycles. The van der Waals surface area contributed by atoms with Gasteiger partial charge in [0.2, 0.25) is 5.88 Å². The maximum absolute atomic E-state index is 12.2. The first-order valence-corrected chi connectivity index (χ1v) is 8.11. The number of nitrogens with one attached hydrogen (secondary N) is 2. The fraction of sp³-hybridized carbons (Fsp3) is 0.250. The normalized spacial score (nSPS) is 11.3. The average molecular weight is 313 g/mol. The molecule has 2 aromatic heterocycles. The second-order valence-electron chi connectivity index (χ2n) is 3.95. The molecule has 0 radical (unpaired) electrons. The van der Waals surface area contributed by atoms with Gasteiger partial charge in [0.15, 0.2) is 0 Å². The first-order chi connectivity index (χ1) is 9.55. The molecule has 0 aliphatic carbocycles. The lowest BCUT2D eigenvalue weighted by atomic mass is 10.4. The van der Waals surface area contributed by atoms with Gasteiger partial charge in [0.1, 0.15) is 4.21 Å². The second kappa shape index (κ2) is 6.21. The number of hydrogen-bond donors (Lipinski definition) is 2. The summed E-state index contributed by atoms with van der Waals surface area (Å²) in [6, 6.07) is 6.59. The van der Waals surface area contributed by atoms with Crippen molar-refractivity contribution >= 4 is 27.0 Å². The Morgan fingerprint density at radius 3 is 2.70 bits per heavy atom. The van der Waals surface area contributed by atoms with E-state index in [-0.39, 0.29) is 4.21 Å². The highest BCUT2D eigenvalue weighted by Crippen LogP contribution is 2.24. The van der Waals surface area contributed by atoms with Gasteiger partial charge in [-0.15, -0.1) is 11.3 Å². The van der Waals surface area contributed by atoms with E-state index in [9.17, 15) is 8.42 Å². The Hall–Kier alpha value is -1.64. The molecule has 0 aliphatic rings. The summed E-state index contributed by atoms with van der Waals surface area (Å²) < 4.78 is 32.1. The fourth-order valence-electron chi connectivity index (χ4n) is 1.54. The maximum Gasteiger partial charge on any atom is 0.271 e. The molecule has 0 aliphatic heterocycles. The van der Waals surface area contributed by atoms with E-state index in [2.05, 4.69) is 15.0 Å². The molecule has 2 rings (SSSR count). The fourth-order valence-corrected chi connectivity index (χ4v) is 3.95. The third-order valence-electron chi connectivity index (χ3n) is 2.45. The smallest absolute Gasteiger partial charge is 0.271 e. The van der Waals surface area contributed by atoms with Crippen molar-refractivity contribution in [1.82, 2.24) is 10.3 Å². The average Bonchev–Trinajstić information content (AvgIpc) is 2.89. The molecule has 0 unspecified atom stereocenters. The van der Waals surface area contributed by atoms with Crippen LogP contribution in [0.2, 0.25) is 0 Å². The summed E-state index contributed by atoms with van der Waals surface area (Å²) in [5.41, 5.74) is 0.398. The number of ether oxygens (including phenoxy) is 1. The summed E-state index contributed by atoms with van der Waals surface area (Å²) in [7, 11) is -0.255. The number of hydrogen-bond acceptors (Lipinski definition) is 6. The van der Waals surface area contributed by atoms with Gasteiger partial charge in [-0.1, -0.05) is 0 Å². The number of nitrogens with zero attached hydrogens (tertiary/aromatic N) is 1. The quantitative estimate of drug-likeness (QED) is 0.848. The molecule has 0 bridgehead atoms. The molecule has 0 fully saturated rings. The molecule has 0 spiro atoms. The van der Waals surface area contributed by atoms with Crippen molar-refractivity contribution in [2.45, 2.75) is 10.8 Å². The third-order valence-corrected chi connectivity index (χ3v) is 5.41. The lowest BCUT2D eigenvalue weighted by molar-refractivity contribution is 0.398. The Bertz CT molecular complexity index is 666. The van der Waals surface area contributed by atoms with Crippen LogP contribution >= 0.6 is 11.3 Å². The first-order valence-electron chi connectivity index (χ1n) is 5.81. The van der Waals surface area contributed by atoms with Crippen LogP contribution in [-0.4, -0.2) is 27.6 Å². The van der Waals surface area contributed by atoms with Crippen LogP contribution in [0.15, 0.2) is 34.7 Å². The van der Waals surface area contributed by atoms with Crippen molar-refractivity contribution in [3.05, 3.63) is 35.3 Å². The topological polar surface area (TPSA) is 80.3 Å². The number of rotatable bonds is 6. The molecule has 0 aromatic carbocycles. The van der Waals surface area contributed by atoms with Crippen LogP contribution < -0.4 is 14.8 Å².